The van der Waals surface area contributed by atoms with Crippen LogP contribution in [-0.2, 0) is 0 Å². The summed E-state index contributed by atoms with van der Waals surface area (Å²) >= 11 is 6.07. The average molecular weight is 264 g/mol. The first-order chi connectivity index (χ1) is 8.83. The Kier molecular flexibility index (Phi) is 3.30. The van der Waals surface area contributed by atoms with E-state index in [9.17, 15) is 0 Å². The zero-order chi connectivity index (χ0) is 12.4. The van der Waals surface area contributed by atoms with Crippen LogP contribution in [0, 0.1) is 5.92 Å². The highest BCUT2D eigenvalue weighted by Crippen LogP contribution is 2.23. The fourth-order valence-electron chi connectivity index (χ4n) is 2.11. The SMILES string of the molecule is Clc1nc2ccccc2nc1OC[C@H]1CCNC1. The van der Waals surface area contributed by atoms with Crippen LogP contribution in [0.1, 0.15) is 6.42 Å². The molecule has 0 radical (unpaired) electrons. The van der Waals surface area contributed by atoms with Crippen LogP contribution in [0.4, 0.5) is 0 Å². The number of nitrogens with zero attached hydrogens (tertiary/aromatic N) is 2. The molecule has 0 spiro atoms. The lowest BCUT2D eigenvalue weighted by Crippen LogP contribution is -2.16. The van der Waals surface area contributed by atoms with Crippen molar-refractivity contribution in [3.05, 3.63) is 29.4 Å². The van der Waals surface area contributed by atoms with E-state index < -0.39 is 0 Å². The van der Waals surface area contributed by atoms with Gasteiger partial charge in [-0.2, -0.15) is 0 Å². The lowest BCUT2D eigenvalue weighted by molar-refractivity contribution is 0.251. The maximum absolute atomic E-state index is 6.07. The number of hydrogen-bond donors (Lipinski definition) is 1. The fraction of sp³-hybridized carbons (Fsp3) is 0.385. The van der Waals surface area contributed by atoms with Gasteiger partial charge >= 0.3 is 0 Å². The molecule has 1 aliphatic heterocycles. The largest absolute Gasteiger partial charge is 0.475 e. The topological polar surface area (TPSA) is 47.0 Å². The maximum atomic E-state index is 6.07. The van der Waals surface area contributed by atoms with Crippen LogP contribution >= 0.6 is 11.6 Å². The number of rotatable bonds is 3. The fourth-order valence-corrected chi connectivity index (χ4v) is 2.30. The minimum Gasteiger partial charge on any atom is -0.475 e. The third-order valence-corrected chi connectivity index (χ3v) is 3.36. The van der Waals surface area contributed by atoms with Gasteiger partial charge < -0.3 is 10.1 Å². The monoisotopic (exact) mass is 263 g/mol. The highest BCUT2D eigenvalue weighted by Gasteiger charge is 2.16. The zero-order valence-electron chi connectivity index (χ0n) is 9.90. The second-order valence-corrected chi connectivity index (χ2v) is 4.84. The summed E-state index contributed by atoms with van der Waals surface area (Å²) in [5, 5.41) is 3.64. The van der Waals surface area contributed by atoms with E-state index in [0.29, 0.717) is 23.6 Å². The van der Waals surface area contributed by atoms with Crippen LogP contribution in [0.15, 0.2) is 24.3 Å². The number of benzene rings is 1. The van der Waals surface area contributed by atoms with E-state index >= 15 is 0 Å². The van der Waals surface area contributed by atoms with Crippen LogP contribution in [0.25, 0.3) is 11.0 Å². The average Bonchev–Trinajstić information content (AvgIpc) is 2.89. The van der Waals surface area contributed by atoms with Crippen molar-refractivity contribution in [3.63, 3.8) is 0 Å². The van der Waals surface area contributed by atoms with Gasteiger partial charge in [-0.25, -0.2) is 9.97 Å². The molecule has 4 nitrogen and oxygen atoms in total. The van der Waals surface area contributed by atoms with Crippen molar-refractivity contribution in [3.8, 4) is 5.88 Å². The van der Waals surface area contributed by atoms with Crippen molar-refractivity contribution in [1.82, 2.24) is 15.3 Å². The number of ether oxygens (including phenoxy) is 1. The molecule has 0 bridgehead atoms. The van der Waals surface area contributed by atoms with Crippen LogP contribution < -0.4 is 10.1 Å². The Bertz CT molecular complexity index is 555. The summed E-state index contributed by atoms with van der Waals surface area (Å²) in [6.45, 7) is 2.70. The molecule has 1 atom stereocenters. The molecular formula is C13H14ClN3O. The highest BCUT2D eigenvalue weighted by molar-refractivity contribution is 6.31. The number of nitrogens with one attached hydrogen (secondary N) is 1. The van der Waals surface area contributed by atoms with Crippen LogP contribution in [0.5, 0.6) is 5.88 Å². The molecule has 5 heteroatoms. The van der Waals surface area contributed by atoms with E-state index in [-0.39, 0.29) is 0 Å². The molecule has 18 heavy (non-hydrogen) atoms. The summed E-state index contributed by atoms with van der Waals surface area (Å²) in [5.41, 5.74) is 1.60. The van der Waals surface area contributed by atoms with Crippen LogP contribution in [-0.4, -0.2) is 29.7 Å². The molecule has 1 fully saturated rings. The first kappa shape index (κ1) is 11.7. The predicted molar refractivity (Wildman–Crippen MR) is 71.0 cm³/mol. The van der Waals surface area contributed by atoms with Crippen LogP contribution in [0.3, 0.4) is 0 Å². The van der Waals surface area contributed by atoms with Gasteiger partial charge in [0.2, 0.25) is 0 Å². The van der Waals surface area contributed by atoms with Crippen molar-refractivity contribution in [2.75, 3.05) is 19.7 Å². The molecule has 1 aromatic carbocycles. The summed E-state index contributed by atoms with van der Waals surface area (Å²) in [6, 6.07) is 7.63. The molecule has 1 saturated heterocycles. The second-order valence-electron chi connectivity index (χ2n) is 4.48. The van der Waals surface area contributed by atoms with E-state index in [1.165, 1.54) is 0 Å². The van der Waals surface area contributed by atoms with Crippen molar-refractivity contribution in [2.24, 2.45) is 5.92 Å². The van der Waals surface area contributed by atoms with Gasteiger partial charge in [-0.1, -0.05) is 23.7 Å². The Labute approximate surface area is 110 Å². The van der Waals surface area contributed by atoms with Gasteiger partial charge in [0.05, 0.1) is 17.6 Å². The molecule has 0 aliphatic carbocycles. The van der Waals surface area contributed by atoms with Gasteiger partial charge in [0.25, 0.3) is 5.88 Å². The highest BCUT2D eigenvalue weighted by atomic mass is 35.5. The number of para-hydroxylation sites is 2. The Morgan fingerprint density at radius 2 is 2.06 bits per heavy atom. The Balaban J connectivity index is 1.80. The van der Waals surface area contributed by atoms with E-state index in [1.807, 2.05) is 24.3 Å². The molecule has 2 aromatic rings. The lowest BCUT2D eigenvalue weighted by atomic mass is 10.1. The molecule has 2 heterocycles. The summed E-state index contributed by atoms with van der Waals surface area (Å²) in [6.07, 6.45) is 1.14. The number of fused-ring (bicyclic) bond motifs is 1. The lowest BCUT2D eigenvalue weighted by Gasteiger charge is -2.11. The third kappa shape index (κ3) is 2.40. The van der Waals surface area contributed by atoms with Gasteiger partial charge in [-0.15, -0.1) is 0 Å². The smallest absolute Gasteiger partial charge is 0.252 e. The van der Waals surface area contributed by atoms with E-state index in [0.717, 1.165) is 30.5 Å². The van der Waals surface area contributed by atoms with Crippen molar-refractivity contribution >= 4 is 22.6 Å². The normalized spacial score (nSPS) is 19.3. The molecule has 3 rings (SSSR count). The summed E-state index contributed by atoms with van der Waals surface area (Å²) in [5.74, 6) is 0.969. The summed E-state index contributed by atoms with van der Waals surface area (Å²) < 4.78 is 5.68. The Morgan fingerprint density at radius 1 is 1.28 bits per heavy atom. The third-order valence-electron chi connectivity index (χ3n) is 3.12. The summed E-state index contributed by atoms with van der Waals surface area (Å²) in [7, 11) is 0. The minimum absolute atomic E-state index is 0.333. The summed E-state index contributed by atoms with van der Waals surface area (Å²) in [4.78, 5) is 8.68. The number of aromatic nitrogens is 2. The van der Waals surface area contributed by atoms with Crippen LogP contribution in [0.2, 0.25) is 5.15 Å². The first-order valence-corrected chi connectivity index (χ1v) is 6.46. The predicted octanol–water partition coefficient (Wildman–Crippen LogP) is 2.27. The number of hydrogen-bond acceptors (Lipinski definition) is 4. The minimum atomic E-state index is 0.333. The van der Waals surface area contributed by atoms with Crippen molar-refractivity contribution in [1.29, 1.82) is 0 Å². The maximum Gasteiger partial charge on any atom is 0.252 e. The molecule has 94 valence electrons. The second kappa shape index (κ2) is 5.08. The molecule has 0 unspecified atom stereocenters. The van der Waals surface area contributed by atoms with E-state index in [2.05, 4.69) is 15.3 Å². The van der Waals surface area contributed by atoms with Gasteiger partial charge in [-0.3, -0.25) is 0 Å². The molecular weight excluding hydrogens is 250 g/mol. The van der Waals surface area contributed by atoms with Gasteiger partial charge in [0.15, 0.2) is 5.15 Å². The van der Waals surface area contributed by atoms with Gasteiger partial charge in [-0.05, 0) is 25.1 Å². The Hall–Kier alpha value is -1.39. The quantitative estimate of drug-likeness (QED) is 0.923. The van der Waals surface area contributed by atoms with Crippen molar-refractivity contribution < 1.29 is 4.74 Å². The molecule has 0 amide bonds. The van der Waals surface area contributed by atoms with Gasteiger partial charge in [0.1, 0.15) is 0 Å². The number of halogens is 1. The molecule has 1 N–H and O–H groups in total. The Morgan fingerprint density at radius 3 is 2.78 bits per heavy atom. The molecule has 1 aliphatic rings. The molecule has 1 aromatic heterocycles. The van der Waals surface area contributed by atoms with Crippen molar-refractivity contribution in [2.45, 2.75) is 6.42 Å². The van der Waals surface area contributed by atoms with E-state index in [1.54, 1.807) is 0 Å². The first-order valence-electron chi connectivity index (χ1n) is 6.09. The molecule has 0 saturated carbocycles. The zero-order valence-corrected chi connectivity index (χ0v) is 10.7. The van der Waals surface area contributed by atoms with E-state index in [4.69, 9.17) is 16.3 Å². The van der Waals surface area contributed by atoms with Gasteiger partial charge in [0, 0.05) is 12.5 Å². The standard InChI is InChI=1S/C13H14ClN3O/c14-12-13(18-8-9-5-6-15-7-9)17-11-4-2-1-3-10(11)16-12/h1-4,9,15H,5-8H2/t9-/m0/s1.